The normalized spacial score (nSPS) is 16.8. The first-order valence-corrected chi connectivity index (χ1v) is 6.73. The molecule has 1 aliphatic rings. The highest BCUT2D eigenvalue weighted by molar-refractivity contribution is 6.30. The van der Waals surface area contributed by atoms with E-state index >= 15 is 0 Å². The summed E-state index contributed by atoms with van der Waals surface area (Å²) >= 11 is 5.90. The molecule has 0 aliphatic heterocycles. The first-order valence-electron chi connectivity index (χ1n) is 6.35. The molecule has 0 aromatic heterocycles. The Kier molecular flexibility index (Phi) is 5.65. The Bertz CT molecular complexity index is 457. The molecular weight excluding hydrogens is 283 g/mol. The van der Waals surface area contributed by atoms with Crippen LogP contribution in [0.5, 0.6) is 0 Å². The van der Waals surface area contributed by atoms with Crippen LogP contribution in [-0.2, 0) is 4.79 Å². The van der Waals surface area contributed by atoms with Crippen LogP contribution in [0.1, 0.15) is 31.2 Å². The molecule has 1 fully saturated rings. The van der Waals surface area contributed by atoms with Crippen molar-refractivity contribution in [3.63, 3.8) is 0 Å². The predicted molar refractivity (Wildman–Crippen MR) is 82.0 cm³/mol. The van der Waals surface area contributed by atoms with Crippen molar-refractivity contribution in [1.82, 2.24) is 0 Å². The molecule has 0 bridgehead atoms. The van der Waals surface area contributed by atoms with E-state index in [-0.39, 0.29) is 23.7 Å². The Morgan fingerprint density at radius 2 is 2.05 bits per heavy atom. The van der Waals surface area contributed by atoms with Crippen molar-refractivity contribution >= 4 is 35.6 Å². The Morgan fingerprint density at radius 1 is 1.42 bits per heavy atom. The number of hydrogen-bond donors (Lipinski definition) is 2. The van der Waals surface area contributed by atoms with E-state index in [0.29, 0.717) is 11.6 Å². The largest absolute Gasteiger partial charge is 0.329 e. The standard InChI is InChI=1S/C14H19ClN2O.ClH/c1-10-8-11(15)4-5-12(10)17-13(18)14(9-16)6-2-3-7-14;/h4-5,8H,2-3,6-7,9,16H2,1H3,(H,17,18);1H. The van der Waals surface area contributed by atoms with Gasteiger partial charge in [0.05, 0.1) is 5.41 Å². The lowest BCUT2D eigenvalue weighted by molar-refractivity contribution is -0.124. The molecule has 1 aromatic rings. The van der Waals surface area contributed by atoms with Crippen LogP contribution in [-0.4, -0.2) is 12.5 Å². The summed E-state index contributed by atoms with van der Waals surface area (Å²) in [6.45, 7) is 2.36. The Labute approximate surface area is 125 Å². The number of amides is 1. The van der Waals surface area contributed by atoms with E-state index in [4.69, 9.17) is 17.3 Å². The zero-order chi connectivity index (χ0) is 13.2. The first kappa shape index (κ1) is 16.3. The number of aryl methyl sites for hydroxylation is 1. The third kappa shape index (κ3) is 3.41. The number of anilines is 1. The van der Waals surface area contributed by atoms with E-state index < -0.39 is 0 Å². The number of carbonyl (C=O) groups is 1. The zero-order valence-corrected chi connectivity index (χ0v) is 12.6. The van der Waals surface area contributed by atoms with Crippen molar-refractivity contribution in [2.24, 2.45) is 11.1 Å². The summed E-state index contributed by atoms with van der Waals surface area (Å²) in [6.07, 6.45) is 3.96. The van der Waals surface area contributed by atoms with E-state index in [9.17, 15) is 4.79 Å². The van der Waals surface area contributed by atoms with Gasteiger partial charge in [-0.25, -0.2) is 0 Å². The number of nitrogens with one attached hydrogen (secondary N) is 1. The van der Waals surface area contributed by atoms with Crippen LogP contribution in [0.15, 0.2) is 18.2 Å². The molecule has 19 heavy (non-hydrogen) atoms. The van der Waals surface area contributed by atoms with Gasteiger partial charge in [-0.3, -0.25) is 4.79 Å². The Balaban J connectivity index is 0.00000180. The molecule has 1 aliphatic carbocycles. The molecule has 5 heteroatoms. The molecular formula is C14H20Cl2N2O. The van der Waals surface area contributed by atoms with Gasteiger partial charge in [0.15, 0.2) is 0 Å². The average Bonchev–Trinajstić information content (AvgIpc) is 2.82. The van der Waals surface area contributed by atoms with E-state index in [1.54, 1.807) is 6.07 Å². The summed E-state index contributed by atoms with van der Waals surface area (Å²) in [5, 5.41) is 3.67. The van der Waals surface area contributed by atoms with Gasteiger partial charge in [-0.2, -0.15) is 0 Å². The SMILES string of the molecule is Cc1cc(Cl)ccc1NC(=O)C1(CN)CCCC1.Cl. The quantitative estimate of drug-likeness (QED) is 0.897. The van der Waals surface area contributed by atoms with Gasteiger partial charge >= 0.3 is 0 Å². The third-order valence-corrected chi connectivity index (χ3v) is 4.10. The van der Waals surface area contributed by atoms with Crippen LogP contribution in [0, 0.1) is 12.3 Å². The van der Waals surface area contributed by atoms with Crippen LogP contribution in [0.3, 0.4) is 0 Å². The molecule has 0 spiro atoms. The van der Waals surface area contributed by atoms with Gasteiger partial charge < -0.3 is 11.1 Å². The second-order valence-electron chi connectivity index (χ2n) is 5.10. The Morgan fingerprint density at radius 3 is 2.58 bits per heavy atom. The molecule has 0 radical (unpaired) electrons. The molecule has 106 valence electrons. The van der Waals surface area contributed by atoms with Crippen molar-refractivity contribution in [3.05, 3.63) is 28.8 Å². The summed E-state index contributed by atoms with van der Waals surface area (Å²) in [5.74, 6) is 0.0490. The molecule has 3 N–H and O–H groups in total. The number of benzene rings is 1. The highest BCUT2D eigenvalue weighted by Crippen LogP contribution is 2.38. The molecule has 1 saturated carbocycles. The van der Waals surface area contributed by atoms with Crippen LogP contribution >= 0.6 is 24.0 Å². The molecule has 1 amide bonds. The van der Waals surface area contributed by atoms with E-state index in [1.165, 1.54) is 0 Å². The number of hydrogen-bond acceptors (Lipinski definition) is 2. The van der Waals surface area contributed by atoms with Crippen molar-refractivity contribution in [3.8, 4) is 0 Å². The maximum atomic E-state index is 12.4. The van der Waals surface area contributed by atoms with E-state index in [1.807, 2.05) is 19.1 Å². The third-order valence-electron chi connectivity index (χ3n) is 3.87. The summed E-state index contributed by atoms with van der Waals surface area (Å²) in [7, 11) is 0. The molecule has 2 rings (SSSR count). The van der Waals surface area contributed by atoms with Crippen LogP contribution < -0.4 is 11.1 Å². The number of nitrogens with two attached hydrogens (primary N) is 1. The summed E-state index contributed by atoms with van der Waals surface area (Å²) in [5.41, 5.74) is 7.23. The maximum absolute atomic E-state index is 12.4. The van der Waals surface area contributed by atoms with Gasteiger partial charge in [-0.05, 0) is 43.5 Å². The topological polar surface area (TPSA) is 55.1 Å². The number of halogens is 2. The van der Waals surface area contributed by atoms with Gasteiger partial charge in [-0.1, -0.05) is 24.4 Å². The fraction of sp³-hybridized carbons (Fsp3) is 0.500. The van der Waals surface area contributed by atoms with Crippen molar-refractivity contribution < 1.29 is 4.79 Å². The lowest BCUT2D eigenvalue weighted by Gasteiger charge is -2.26. The minimum Gasteiger partial charge on any atom is -0.329 e. The van der Waals surface area contributed by atoms with Crippen molar-refractivity contribution in [2.75, 3.05) is 11.9 Å². The monoisotopic (exact) mass is 302 g/mol. The van der Waals surface area contributed by atoms with Crippen molar-refractivity contribution in [2.45, 2.75) is 32.6 Å². The highest BCUT2D eigenvalue weighted by Gasteiger charge is 2.39. The molecule has 3 nitrogen and oxygen atoms in total. The first-order chi connectivity index (χ1) is 8.57. The highest BCUT2D eigenvalue weighted by atomic mass is 35.5. The second kappa shape index (κ2) is 6.60. The van der Waals surface area contributed by atoms with Gasteiger partial charge in [0.2, 0.25) is 5.91 Å². The average molecular weight is 303 g/mol. The van der Waals surface area contributed by atoms with Crippen LogP contribution in [0.2, 0.25) is 5.02 Å². The van der Waals surface area contributed by atoms with Crippen LogP contribution in [0.25, 0.3) is 0 Å². The molecule has 1 aromatic carbocycles. The minimum atomic E-state index is -0.369. The lowest BCUT2D eigenvalue weighted by atomic mass is 9.85. The number of rotatable bonds is 3. The summed E-state index contributed by atoms with van der Waals surface area (Å²) < 4.78 is 0. The lowest BCUT2D eigenvalue weighted by Crippen LogP contribution is -2.40. The maximum Gasteiger partial charge on any atom is 0.231 e. The van der Waals surface area contributed by atoms with Gasteiger partial charge in [0.25, 0.3) is 0 Å². The van der Waals surface area contributed by atoms with E-state index in [2.05, 4.69) is 5.32 Å². The minimum absolute atomic E-state index is 0. The molecule has 0 saturated heterocycles. The number of carbonyl (C=O) groups excluding carboxylic acids is 1. The summed E-state index contributed by atoms with van der Waals surface area (Å²) in [4.78, 5) is 12.4. The zero-order valence-electron chi connectivity index (χ0n) is 11.0. The van der Waals surface area contributed by atoms with Gasteiger partial charge in [0, 0.05) is 17.3 Å². The van der Waals surface area contributed by atoms with E-state index in [0.717, 1.165) is 36.9 Å². The van der Waals surface area contributed by atoms with Gasteiger partial charge in [0.1, 0.15) is 0 Å². The van der Waals surface area contributed by atoms with Gasteiger partial charge in [-0.15, -0.1) is 12.4 Å². The van der Waals surface area contributed by atoms with Crippen molar-refractivity contribution in [1.29, 1.82) is 0 Å². The molecule has 0 unspecified atom stereocenters. The van der Waals surface area contributed by atoms with Crippen LogP contribution in [0.4, 0.5) is 5.69 Å². The summed E-state index contributed by atoms with van der Waals surface area (Å²) in [6, 6.07) is 5.48. The predicted octanol–water partition coefficient (Wildman–Crippen LogP) is 3.53. The smallest absolute Gasteiger partial charge is 0.231 e. The molecule has 0 heterocycles. The fourth-order valence-corrected chi connectivity index (χ4v) is 2.82. The Hall–Kier alpha value is -0.770. The second-order valence-corrected chi connectivity index (χ2v) is 5.54. The molecule has 0 atom stereocenters. The fourth-order valence-electron chi connectivity index (χ4n) is 2.60.